The lowest BCUT2D eigenvalue weighted by Crippen LogP contribution is -2.38. The molecule has 130 valence electrons. The Bertz CT molecular complexity index is 560. The highest BCUT2D eigenvalue weighted by molar-refractivity contribution is 7.89. The van der Waals surface area contributed by atoms with E-state index in [0.29, 0.717) is 19.5 Å². The molecule has 0 aromatic carbocycles. The molecule has 0 saturated heterocycles. The third kappa shape index (κ3) is 9.14. The van der Waals surface area contributed by atoms with Crippen molar-refractivity contribution in [3.63, 3.8) is 0 Å². The van der Waals surface area contributed by atoms with Crippen molar-refractivity contribution >= 4 is 16.0 Å². The van der Waals surface area contributed by atoms with Crippen molar-refractivity contribution in [1.29, 1.82) is 0 Å². The number of aliphatic imine (C=N–C) groups is 1. The number of pyridine rings is 1. The molecule has 0 fully saturated rings. The predicted octanol–water partition coefficient (Wildman–Crippen LogP) is 0.509. The molecule has 23 heavy (non-hydrogen) atoms. The average Bonchev–Trinajstić information content (AvgIpc) is 2.55. The molecule has 7 nitrogen and oxygen atoms in total. The predicted molar refractivity (Wildman–Crippen MR) is 94.0 cm³/mol. The van der Waals surface area contributed by atoms with Crippen LogP contribution in [0.1, 0.15) is 26.0 Å². The van der Waals surface area contributed by atoms with Crippen LogP contribution in [0.15, 0.2) is 29.4 Å². The number of nitrogens with zero attached hydrogens (tertiary/aromatic N) is 2. The first-order valence-electron chi connectivity index (χ1n) is 7.96. The minimum absolute atomic E-state index is 0.105. The zero-order valence-electron chi connectivity index (χ0n) is 13.9. The molecule has 1 rings (SSSR count). The minimum Gasteiger partial charge on any atom is -0.357 e. The Morgan fingerprint density at radius 3 is 2.70 bits per heavy atom. The van der Waals surface area contributed by atoms with Gasteiger partial charge in [-0.25, -0.2) is 13.1 Å². The molecule has 0 radical (unpaired) electrons. The maximum Gasteiger partial charge on any atom is 0.211 e. The molecular weight excluding hydrogens is 314 g/mol. The molecule has 3 N–H and O–H groups in total. The lowest BCUT2D eigenvalue weighted by atomic mass is 10.3. The third-order valence-corrected chi connectivity index (χ3v) is 4.45. The third-order valence-electron chi connectivity index (χ3n) is 3.05. The molecular formula is C15H27N5O2S. The van der Waals surface area contributed by atoms with Crippen molar-refractivity contribution in [3.05, 3.63) is 30.1 Å². The summed E-state index contributed by atoms with van der Waals surface area (Å²) in [5, 5.41) is 6.41. The fourth-order valence-electron chi connectivity index (χ4n) is 1.80. The standard InChI is InChI=1S/C15H27N5O2S/c1-3-16-15(18-11-7-12-20-23(21,22)4-2)19-13-9-14-8-5-6-10-17-14/h5-6,8,10,20H,3-4,7,9,11-13H2,1-2H3,(H2,16,18,19). The first-order valence-corrected chi connectivity index (χ1v) is 9.62. The van der Waals surface area contributed by atoms with E-state index in [9.17, 15) is 8.42 Å². The van der Waals surface area contributed by atoms with Gasteiger partial charge in [0.05, 0.1) is 5.75 Å². The van der Waals surface area contributed by atoms with Crippen LogP contribution < -0.4 is 15.4 Å². The molecule has 1 aromatic heterocycles. The maximum absolute atomic E-state index is 11.3. The van der Waals surface area contributed by atoms with E-state index in [1.807, 2.05) is 25.1 Å². The Morgan fingerprint density at radius 1 is 1.22 bits per heavy atom. The monoisotopic (exact) mass is 341 g/mol. The van der Waals surface area contributed by atoms with E-state index in [-0.39, 0.29) is 5.75 Å². The molecule has 0 spiro atoms. The van der Waals surface area contributed by atoms with Gasteiger partial charge in [0.1, 0.15) is 0 Å². The van der Waals surface area contributed by atoms with Crippen LogP contribution in [0.2, 0.25) is 0 Å². The van der Waals surface area contributed by atoms with Crippen LogP contribution in [-0.4, -0.2) is 51.3 Å². The van der Waals surface area contributed by atoms with Crippen LogP contribution in [0.4, 0.5) is 0 Å². The first kappa shape index (κ1) is 19.4. The molecule has 0 aliphatic carbocycles. The van der Waals surface area contributed by atoms with Gasteiger partial charge in [-0.1, -0.05) is 6.07 Å². The van der Waals surface area contributed by atoms with Gasteiger partial charge in [-0.3, -0.25) is 9.98 Å². The second-order valence-electron chi connectivity index (χ2n) is 4.91. The molecule has 1 heterocycles. The fourth-order valence-corrected chi connectivity index (χ4v) is 2.46. The first-order chi connectivity index (χ1) is 11.1. The highest BCUT2D eigenvalue weighted by Crippen LogP contribution is 1.93. The van der Waals surface area contributed by atoms with E-state index in [1.165, 1.54) is 0 Å². The van der Waals surface area contributed by atoms with E-state index >= 15 is 0 Å². The highest BCUT2D eigenvalue weighted by atomic mass is 32.2. The lowest BCUT2D eigenvalue weighted by Gasteiger charge is -2.11. The normalized spacial score (nSPS) is 12.2. The van der Waals surface area contributed by atoms with Gasteiger partial charge in [0.15, 0.2) is 5.96 Å². The Labute approximate surface area is 139 Å². The van der Waals surface area contributed by atoms with Crippen molar-refractivity contribution in [2.75, 3.05) is 31.9 Å². The summed E-state index contributed by atoms with van der Waals surface area (Å²) in [6.07, 6.45) is 3.27. The molecule has 0 atom stereocenters. The lowest BCUT2D eigenvalue weighted by molar-refractivity contribution is 0.581. The van der Waals surface area contributed by atoms with Crippen molar-refractivity contribution in [2.45, 2.75) is 26.7 Å². The highest BCUT2D eigenvalue weighted by Gasteiger charge is 2.04. The molecule has 1 aromatic rings. The zero-order chi connectivity index (χ0) is 17.0. The second kappa shape index (κ2) is 11.0. The molecule has 8 heteroatoms. The van der Waals surface area contributed by atoms with E-state index < -0.39 is 10.0 Å². The second-order valence-corrected chi connectivity index (χ2v) is 7.01. The number of sulfonamides is 1. The van der Waals surface area contributed by atoms with Crippen molar-refractivity contribution < 1.29 is 8.42 Å². The Balaban J connectivity index is 2.29. The summed E-state index contributed by atoms with van der Waals surface area (Å²) in [5.41, 5.74) is 1.03. The van der Waals surface area contributed by atoms with Gasteiger partial charge in [-0.05, 0) is 32.4 Å². The van der Waals surface area contributed by atoms with Gasteiger partial charge in [0.2, 0.25) is 10.0 Å². The van der Waals surface area contributed by atoms with Crippen LogP contribution >= 0.6 is 0 Å². The van der Waals surface area contributed by atoms with E-state index in [0.717, 1.165) is 31.2 Å². The zero-order valence-corrected chi connectivity index (χ0v) is 14.7. The number of nitrogens with one attached hydrogen (secondary N) is 3. The summed E-state index contributed by atoms with van der Waals surface area (Å²) in [7, 11) is -3.11. The van der Waals surface area contributed by atoms with Crippen molar-refractivity contribution in [2.24, 2.45) is 4.99 Å². The summed E-state index contributed by atoms with van der Waals surface area (Å²) in [4.78, 5) is 8.70. The largest absolute Gasteiger partial charge is 0.357 e. The Hall–Kier alpha value is -1.67. The summed E-state index contributed by atoms with van der Waals surface area (Å²) in [5.74, 6) is 0.843. The molecule has 0 amide bonds. The maximum atomic E-state index is 11.3. The van der Waals surface area contributed by atoms with Gasteiger partial charge < -0.3 is 10.6 Å². The smallest absolute Gasteiger partial charge is 0.211 e. The molecule has 0 unspecified atom stereocenters. The molecule has 0 bridgehead atoms. The number of hydrogen-bond acceptors (Lipinski definition) is 4. The van der Waals surface area contributed by atoms with Gasteiger partial charge in [0.25, 0.3) is 0 Å². The van der Waals surface area contributed by atoms with Gasteiger partial charge in [-0.2, -0.15) is 0 Å². The summed E-state index contributed by atoms with van der Waals surface area (Å²) < 4.78 is 25.1. The SMILES string of the molecule is CCNC(=NCCCNS(=O)(=O)CC)NCCc1ccccn1. The summed E-state index contributed by atoms with van der Waals surface area (Å²) in [6, 6.07) is 5.86. The summed E-state index contributed by atoms with van der Waals surface area (Å²) >= 11 is 0. The van der Waals surface area contributed by atoms with Crippen LogP contribution in [0.5, 0.6) is 0 Å². The molecule has 0 saturated carbocycles. The topological polar surface area (TPSA) is 95.5 Å². The van der Waals surface area contributed by atoms with E-state index in [2.05, 4.69) is 25.3 Å². The van der Waals surface area contributed by atoms with Crippen molar-refractivity contribution in [3.8, 4) is 0 Å². The fraction of sp³-hybridized carbons (Fsp3) is 0.600. The molecule has 0 aliphatic rings. The number of rotatable bonds is 10. The van der Waals surface area contributed by atoms with Gasteiger partial charge in [0, 0.05) is 44.5 Å². The van der Waals surface area contributed by atoms with Gasteiger partial charge in [-0.15, -0.1) is 0 Å². The Morgan fingerprint density at radius 2 is 2.04 bits per heavy atom. The van der Waals surface area contributed by atoms with Crippen LogP contribution in [-0.2, 0) is 16.4 Å². The van der Waals surface area contributed by atoms with Crippen LogP contribution in [0, 0.1) is 0 Å². The quantitative estimate of drug-likeness (QED) is 0.327. The minimum atomic E-state index is -3.11. The number of hydrogen-bond donors (Lipinski definition) is 3. The number of aromatic nitrogens is 1. The van der Waals surface area contributed by atoms with E-state index in [4.69, 9.17) is 0 Å². The average molecular weight is 341 g/mol. The van der Waals surface area contributed by atoms with Crippen LogP contribution in [0.25, 0.3) is 0 Å². The van der Waals surface area contributed by atoms with E-state index in [1.54, 1.807) is 13.1 Å². The van der Waals surface area contributed by atoms with Crippen LogP contribution in [0.3, 0.4) is 0 Å². The summed E-state index contributed by atoms with van der Waals surface area (Å²) in [6.45, 7) is 6.11. The Kier molecular flexibility index (Phi) is 9.23. The number of guanidine groups is 1. The van der Waals surface area contributed by atoms with Gasteiger partial charge >= 0.3 is 0 Å². The molecule has 0 aliphatic heterocycles. The van der Waals surface area contributed by atoms with Crippen molar-refractivity contribution in [1.82, 2.24) is 20.3 Å².